The van der Waals surface area contributed by atoms with Gasteiger partial charge in [-0.05, 0) is 48.6 Å². The molecule has 1 saturated carbocycles. The molecule has 2 heterocycles. The maximum absolute atomic E-state index is 13.3. The molecule has 0 unspecified atom stereocenters. The molecule has 6 nitrogen and oxygen atoms in total. The van der Waals surface area contributed by atoms with Gasteiger partial charge in [-0.3, -0.25) is 4.40 Å². The van der Waals surface area contributed by atoms with Crippen LogP contribution >= 0.6 is 0 Å². The van der Waals surface area contributed by atoms with E-state index in [-0.39, 0.29) is 23.8 Å². The van der Waals surface area contributed by atoms with Gasteiger partial charge in [0.2, 0.25) is 0 Å². The summed E-state index contributed by atoms with van der Waals surface area (Å²) in [5.74, 6) is 1.17. The maximum atomic E-state index is 13.3. The summed E-state index contributed by atoms with van der Waals surface area (Å²) >= 11 is 0. The number of carbonyl (C=O) groups excluding carboxylic acids is 1. The number of hydrogen-bond acceptors (Lipinski definition) is 3. The second-order valence-electron chi connectivity index (χ2n) is 7.38. The Morgan fingerprint density at radius 2 is 2.04 bits per heavy atom. The fourth-order valence-electron chi connectivity index (χ4n) is 3.50. The first-order chi connectivity index (χ1) is 13.0. The molecule has 2 N–H and O–H groups in total. The molecule has 1 aliphatic carbocycles. The molecule has 2 aromatic heterocycles. The molecule has 4 rings (SSSR count). The van der Waals surface area contributed by atoms with Crippen molar-refractivity contribution < 1.29 is 9.18 Å². The molecule has 0 radical (unpaired) electrons. The predicted octanol–water partition coefficient (Wildman–Crippen LogP) is 4.06. The van der Waals surface area contributed by atoms with E-state index in [0.29, 0.717) is 11.6 Å². The fourth-order valence-corrected chi connectivity index (χ4v) is 3.50. The third kappa shape index (κ3) is 3.63. The van der Waals surface area contributed by atoms with E-state index < -0.39 is 0 Å². The van der Waals surface area contributed by atoms with E-state index in [0.717, 1.165) is 29.9 Å². The number of nitrogens with zero attached hydrogens (tertiary/aromatic N) is 3. The lowest BCUT2D eigenvalue weighted by atomic mass is 9.76. The van der Waals surface area contributed by atoms with E-state index in [2.05, 4.69) is 34.7 Å². The number of carbonyl (C=O) groups is 1. The zero-order valence-corrected chi connectivity index (χ0v) is 15.3. The highest BCUT2D eigenvalue weighted by Gasteiger charge is 2.31. The highest BCUT2D eigenvalue weighted by molar-refractivity contribution is 5.89. The van der Waals surface area contributed by atoms with Gasteiger partial charge in [-0.1, -0.05) is 26.0 Å². The molecule has 0 aliphatic heterocycles. The second-order valence-corrected chi connectivity index (χ2v) is 7.38. The molecule has 1 fully saturated rings. The number of fused-ring (bicyclic) bond motifs is 1. The molecular weight excluding hydrogens is 345 g/mol. The standard InChI is InChI=1S/C20H22FN5O/c1-12(2)19-25-24-18-7-6-16(11-26(18)19)22-20(27)23-17-9-14(10-17)13-4-3-5-15(21)8-13/h3-8,11-12,14,17H,9-10H2,1-2H3,(H2,22,23,27). The Morgan fingerprint density at radius 3 is 2.78 bits per heavy atom. The van der Waals surface area contributed by atoms with E-state index in [1.807, 2.05) is 28.8 Å². The summed E-state index contributed by atoms with van der Waals surface area (Å²) in [6.45, 7) is 4.10. The van der Waals surface area contributed by atoms with Crippen LogP contribution in [0.3, 0.4) is 0 Å². The molecule has 0 saturated heterocycles. The Hall–Kier alpha value is -2.96. The van der Waals surface area contributed by atoms with Gasteiger partial charge in [0.25, 0.3) is 0 Å². The zero-order valence-electron chi connectivity index (χ0n) is 15.3. The summed E-state index contributed by atoms with van der Waals surface area (Å²) in [7, 11) is 0. The molecule has 7 heteroatoms. The van der Waals surface area contributed by atoms with Gasteiger partial charge in [-0.15, -0.1) is 10.2 Å². The van der Waals surface area contributed by atoms with Crippen molar-refractivity contribution in [2.45, 2.75) is 44.6 Å². The maximum Gasteiger partial charge on any atom is 0.319 e. The third-order valence-electron chi connectivity index (χ3n) is 5.00. The van der Waals surface area contributed by atoms with Crippen molar-refractivity contribution in [3.05, 3.63) is 59.8 Å². The van der Waals surface area contributed by atoms with Crippen molar-refractivity contribution in [3.8, 4) is 0 Å². The third-order valence-corrected chi connectivity index (χ3v) is 5.00. The quantitative estimate of drug-likeness (QED) is 0.730. The number of nitrogens with one attached hydrogen (secondary N) is 2. The van der Waals surface area contributed by atoms with E-state index in [4.69, 9.17) is 0 Å². The summed E-state index contributed by atoms with van der Waals surface area (Å²) in [6, 6.07) is 10.2. The topological polar surface area (TPSA) is 71.3 Å². The molecule has 0 atom stereocenters. The lowest BCUT2D eigenvalue weighted by Crippen LogP contribution is -2.45. The van der Waals surface area contributed by atoms with Gasteiger partial charge < -0.3 is 10.6 Å². The minimum absolute atomic E-state index is 0.100. The van der Waals surface area contributed by atoms with Crippen LogP contribution in [-0.4, -0.2) is 26.7 Å². The first-order valence-corrected chi connectivity index (χ1v) is 9.17. The number of halogens is 1. The monoisotopic (exact) mass is 367 g/mol. The number of anilines is 1. The van der Waals surface area contributed by atoms with Crippen molar-refractivity contribution in [2.24, 2.45) is 0 Å². The average Bonchev–Trinajstić information content (AvgIpc) is 3.01. The number of rotatable bonds is 4. The number of urea groups is 1. The van der Waals surface area contributed by atoms with Gasteiger partial charge in [-0.25, -0.2) is 9.18 Å². The molecule has 2 amide bonds. The lowest BCUT2D eigenvalue weighted by molar-refractivity contribution is 0.233. The number of benzene rings is 1. The Balaban J connectivity index is 1.35. The van der Waals surface area contributed by atoms with E-state index >= 15 is 0 Å². The predicted molar refractivity (Wildman–Crippen MR) is 101 cm³/mol. The van der Waals surface area contributed by atoms with Crippen LogP contribution < -0.4 is 10.6 Å². The molecule has 1 aromatic carbocycles. The van der Waals surface area contributed by atoms with Gasteiger partial charge in [0.1, 0.15) is 11.6 Å². The smallest absolute Gasteiger partial charge is 0.319 e. The molecular formula is C20H22FN5O. The number of pyridine rings is 1. The van der Waals surface area contributed by atoms with Crippen LogP contribution in [0.15, 0.2) is 42.6 Å². The Kier molecular flexibility index (Phi) is 4.51. The summed E-state index contributed by atoms with van der Waals surface area (Å²) in [5, 5.41) is 14.2. The SMILES string of the molecule is CC(C)c1nnc2ccc(NC(=O)NC3CC(c4cccc(F)c4)C3)cn12. The molecule has 140 valence electrons. The number of amides is 2. The fraction of sp³-hybridized carbons (Fsp3) is 0.350. The Bertz CT molecular complexity index is 977. The highest BCUT2D eigenvalue weighted by Crippen LogP contribution is 2.37. The van der Waals surface area contributed by atoms with Crippen LogP contribution in [0.1, 0.15) is 49.9 Å². The van der Waals surface area contributed by atoms with Crippen LogP contribution in [0.25, 0.3) is 5.65 Å². The minimum atomic E-state index is -0.240. The van der Waals surface area contributed by atoms with E-state index in [1.54, 1.807) is 12.1 Å². The summed E-state index contributed by atoms with van der Waals surface area (Å²) in [4.78, 5) is 12.3. The van der Waals surface area contributed by atoms with Gasteiger partial charge in [-0.2, -0.15) is 0 Å². The zero-order chi connectivity index (χ0) is 19.0. The first kappa shape index (κ1) is 17.5. The summed E-state index contributed by atoms with van der Waals surface area (Å²) in [6.07, 6.45) is 3.47. The van der Waals surface area contributed by atoms with E-state index in [1.165, 1.54) is 6.07 Å². The summed E-state index contributed by atoms with van der Waals surface area (Å²) in [5.41, 5.74) is 2.43. The van der Waals surface area contributed by atoms with Crippen LogP contribution in [0.4, 0.5) is 14.9 Å². The van der Waals surface area contributed by atoms with Crippen LogP contribution in [-0.2, 0) is 0 Å². The molecule has 0 bridgehead atoms. The average molecular weight is 367 g/mol. The Labute approximate surface area is 156 Å². The van der Waals surface area contributed by atoms with Gasteiger partial charge in [0, 0.05) is 18.2 Å². The first-order valence-electron chi connectivity index (χ1n) is 9.17. The van der Waals surface area contributed by atoms with Crippen LogP contribution in [0.2, 0.25) is 0 Å². The van der Waals surface area contributed by atoms with E-state index in [9.17, 15) is 9.18 Å². The van der Waals surface area contributed by atoms with Gasteiger partial charge in [0.15, 0.2) is 5.65 Å². The van der Waals surface area contributed by atoms with Crippen LogP contribution in [0.5, 0.6) is 0 Å². The summed E-state index contributed by atoms with van der Waals surface area (Å²) < 4.78 is 15.2. The van der Waals surface area contributed by atoms with Crippen molar-refractivity contribution in [1.29, 1.82) is 0 Å². The lowest BCUT2D eigenvalue weighted by Gasteiger charge is -2.36. The molecule has 0 spiro atoms. The minimum Gasteiger partial charge on any atom is -0.335 e. The normalized spacial score (nSPS) is 19.1. The van der Waals surface area contributed by atoms with Gasteiger partial charge >= 0.3 is 6.03 Å². The van der Waals surface area contributed by atoms with Crippen molar-refractivity contribution >= 4 is 17.4 Å². The van der Waals surface area contributed by atoms with Crippen molar-refractivity contribution in [1.82, 2.24) is 19.9 Å². The molecule has 1 aliphatic rings. The van der Waals surface area contributed by atoms with Crippen molar-refractivity contribution in [3.63, 3.8) is 0 Å². The number of hydrogen-bond donors (Lipinski definition) is 2. The Morgan fingerprint density at radius 1 is 1.22 bits per heavy atom. The largest absolute Gasteiger partial charge is 0.335 e. The molecule has 3 aromatic rings. The van der Waals surface area contributed by atoms with Crippen molar-refractivity contribution in [2.75, 3.05) is 5.32 Å². The van der Waals surface area contributed by atoms with Gasteiger partial charge in [0.05, 0.1) is 5.69 Å². The highest BCUT2D eigenvalue weighted by atomic mass is 19.1. The second kappa shape index (κ2) is 6.98. The molecule has 27 heavy (non-hydrogen) atoms. The van der Waals surface area contributed by atoms with Crippen LogP contribution in [0, 0.1) is 5.82 Å². The number of aromatic nitrogens is 3.